The van der Waals surface area contributed by atoms with Crippen LogP contribution in [0.5, 0.6) is 0 Å². The lowest BCUT2D eigenvalue weighted by Crippen LogP contribution is -2.46. The maximum Gasteiger partial charge on any atom is 0.332 e. The molecule has 4 rings (SSSR count). The number of rotatable bonds is 5. The van der Waals surface area contributed by atoms with E-state index in [1.807, 2.05) is 4.57 Å². The summed E-state index contributed by atoms with van der Waals surface area (Å²) in [6.07, 6.45) is 2.60. The largest absolute Gasteiger partial charge is 0.369 e. The SMILES string of the molecule is Cc1ccc(N2CCN(CCCn3cnc4c3c(=O)n(C)c(=O)n4C)CC2)cc1C. The maximum atomic E-state index is 12.5. The van der Waals surface area contributed by atoms with Crippen LogP contribution in [-0.2, 0) is 20.6 Å². The van der Waals surface area contributed by atoms with Crippen LogP contribution in [-0.4, -0.2) is 56.3 Å². The van der Waals surface area contributed by atoms with Crippen molar-refractivity contribution in [2.75, 3.05) is 37.6 Å². The molecule has 0 spiro atoms. The molecule has 0 atom stereocenters. The van der Waals surface area contributed by atoms with E-state index in [2.05, 4.69) is 46.8 Å². The van der Waals surface area contributed by atoms with Crippen LogP contribution in [0.15, 0.2) is 34.1 Å². The van der Waals surface area contributed by atoms with E-state index in [4.69, 9.17) is 0 Å². The standard InChI is InChI=1S/C22H30N6O2/c1-16-6-7-18(14-17(16)2)27-12-10-26(11-13-27)8-5-9-28-15-23-20-19(28)21(29)25(4)22(30)24(20)3/h6-7,14-15H,5,8-13H2,1-4H3. The molecule has 0 N–H and O–H groups in total. The molecule has 8 heteroatoms. The van der Waals surface area contributed by atoms with Gasteiger partial charge in [0.2, 0.25) is 0 Å². The summed E-state index contributed by atoms with van der Waals surface area (Å²) in [5, 5.41) is 0. The smallest absolute Gasteiger partial charge is 0.332 e. The van der Waals surface area contributed by atoms with E-state index in [-0.39, 0.29) is 11.2 Å². The van der Waals surface area contributed by atoms with Gasteiger partial charge in [-0.05, 0) is 50.1 Å². The molecule has 3 aromatic rings. The van der Waals surface area contributed by atoms with Gasteiger partial charge in [0, 0.05) is 52.5 Å². The summed E-state index contributed by atoms with van der Waals surface area (Å²) >= 11 is 0. The average molecular weight is 411 g/mol. The number of nitrogens with zero attached hydrogens (tertiary/aromatic N) is 6. The van der Waals surface area contributed by atoms with Gasteiger partial charge in [-0.3, -0.25) is 18.8 Å². The number of piperazine rings is 1. The predicted molar refractivity (Wildman–Crippen MR) is 119 cm³/mol. The van der Waals surface area contributed by atoms with Crippen molar-refractivity contribution in [1.29, 1.82) is 0 Å². The van der Waals surface area contributed by atoms with Crippen LogP contribution in [0.2, 0.25) is 0 Å². The molecule has 160 valence electrons. The zero-order valence-corrected chi connectivity index (χ0v) is 18.3. The summed E-state index contributed by atoms with van der Waals surface area (Å²) in [6.45, 7) is 10.1. The fourth-order valence-electron chi connectivity index (χ4n) is 4.18. The van der Waals surface area contributed by atoms with Gasteiger partial charge in [-0.25, -0.2) is 9.78 Å². The third kappa shape index (κ3) is 3.67. The third-order valence-electron chi connectivity index (χ3n) is 6.32. The summed E-state index contributed by atoms with van der Waals surface area (Å²) in [4.78, 5) is 33.8. The first kappa shape index (κ1) is 20.4. The minimum atomic E-state index is -0.348. The summed E-state index contributed by atoms with van der Waals surface area (Å²) in [5.74, 6) is 0. The molecule has 8 nitrogen and oxygen atoms in total. The molecule has 0 aliphatic carbocycles. The number of anilines is 1. The van der Waals surface area contributed by atoms with Gasteiger partial charge in [0.1, 0.15) is 0 Å². The molecule has 0 saturated carbocycles. The van der Waals surface area contributed by atoms with Gasteiger partial charge in [0.05, 0.1) is 6.33 Å². The van der Waals surface area contributed by atoms with Crippen molar-refractivity contribution in [2.24, 2.45) is 14.1 Å². The molecule has 2 aromatic heterocycles. The van der Waals surface area contributed by atoms with Crippen molar-refractivity contribution in [2.45, 2.75) is 26.8 Å². The Morgan fingerprint density at radius 1 is 0.933 bits per heavy atom. The van der Waals surface area contributed by atoms with Crippen molar-refractivity contribution in [3.8, 4) is 0 Å². The van der Waals surface area contributed by atoms with Crippen LogP contribution in [0.4, 0.5) is 5.69 Å². The highest BCUT2D eigenvalue weighted by Crippen LogP contribution is 2.20. The summed E-state index contributed by atoms with van der Waals surface area (Å²) < 4.78 is 4.45. The monoisotopic (exact) mass is 410 g/mol. The number of hydrogen-bond acceptors (Lipinski definition) is 5. The normalized spacial score (nSPS) is 15.3. The quantitative estimate of drug-likeness (QED) is 0.634. The fourth-order valence-corrected chi connectivity index (χ4v) is 4.18. The van der Waals surface area contributed by atoms with Crippen molar-refractivity contribution < 1.29 is 0 Å². The molecule has 0 unspecified atom stereocenters. The highest BCUT2D eigenvalue weighted by Gasteiger charge is 2.18. The van der Waals surface area contributed by atoms with Gasteiger partial charge >= 0.3 is 5.69 Å². The molecule has 30 heavy (non-hydrogen) atoms. The van der Waals surface area contributed by atoms with E-state index >= 15 is 0 Å². The van der Waals surface area contributed by atoms with Crippen molar-refractivity contribution in [1.82, 2.24) is 23.6 Å². The first-order valence-corrected chi connectivity index (χ1v) is 10.5. The van der Waals surface area contributed by atoms with Crippen LogP contribution < -0.4 is 16.1 Å². The highest BCUT2D eigenvalue weighted by atomic mass is 16.2. The maximum absolute atomic E-state index is 12.5. The van der Waals surface area contributed by atoms with Crippen molar-refractivity contribution in [3.63, 3.8) is 0 Å². The van der Waals surface area contributed by atoms with E-state index in [0.29, 0.717) is 17.7 Å². The molecule has 1 aromatic carbocycles. The minimum absolute atomic E-state index is 0.285. The lowest BCUT2D eigenvalue weighted by atomic mass is 10.1. The molecule has 3 heterocycles. The molecule has 0 radical (unpaired) electrons. The van der Waals surface area contributed by atoms with E-state index in [1.54, 1.807) is 13.4 Å². The molecule has 1 aliphatic rings. The molecule has 1 fully saturated rings. The lowest BCUT2D eigenvalue weighted by Gasteiger charge is -2.36. The van der Waals surface area contributed by atoms with Crippen LogP contribution in [0, 0.1) is 13.8 Å². The topological polar surface area (TPSA) is 68.3 Å². The fraction of sp³-hybridized carbons (Fsp3) is 0.500. The predicted octanol–water partition coefficient (Wildman–Crippen LogP) is 1.26. The number of benzene rings is 1. The Morgan fingerprint density at radius 3 is 2.37 bits per heavy atom. The Kier molecular flexibility index (Phi) is 5.51. The van der Waals surface area contributed by atoms with Crippen molar-refractivity contribution in [3.05, 3.63) is 56.5 Å². The van der Waals surface area contributed by atoms with Crippen LogP contribution in [0.3, 0.4) is 0 Å². The second kappa shape index (κ2) is 8.10. The number of hydrogen-bond donors (Lipinski definition) is 0. The van der Waals surface area contributed by atoms with Gasteiger partial charge in [-0.1, -0.05) is 6.07 Å². The van der Waals surface area contributed by atoms with Gasteiger partial charge < -0.3 is 9.47 Å². The second-order valence-corrected chi connectivity index (χ2v) is 8.27. The van der Waals surface area contributed by atoms with Gasteiger partial charge in [-0.15, -0.1) is 0 Å². The van der Waals surface area contributed by atoms with Gasteiger partial charge in [0.25, 0.3) is 5.56 Å². The summed E-state index contributed by atoms with van der Waals surface area (Å²) in [5.41, 5.74) is 4.30. The molecule has 1 aliphatic heterocycles. The Morgan fingerprint density at radius 2 is 1.67 bits per heavy atom. The van der Waals surface area contributed by atoms with Crippen LogP contribution in [0.1, 0.15) is 17.5 Å². The summed E-state index contributed by atoms with van der Waals surface area (Å²) in [7, 11) is 3.16. The Bertz CT molecular complexity index is 1180. The van der Waals surface area contributed by atoms with E-state index in [0.717, 1.165) is 43.7 Å². The van der Waals surface area contributed by atoms with Crippen LogP contribution >= 0.6 is 0 Å². The molecule has 0 amide bonds. The minimum Gasteiger partial charge on any atom is -0.369 e. The molecule has 0 bridgehead atoms. The number of fused-ring (bicyclic) bond motifs is 1. The number of aryl methyl sites for hydroxylation is 4. The Balaban J connectivity index is 1.35. The highest BCUT2D eigenvalue weighted by molar-refractivity contribution is 5.69. The van der Waals surface area contributed by atoms with Gasteiger partial charge in [0.15, 0.2) is 11.2 Å². The number of aromatic nitrogens is 4. The Labute approximate surface area is 176 Å². The Hall–Kier alpha value is -2.87. The first-order chi connectivity index (χ1) is 14.4. The molecule has 1 saturated heterocycles. The zero-order chi connectivity index (χ0) is 21.4. The summed E-state index contributed by atoms with van der Waals surface area (Å²) in [6, 6.07) is 6.70. The zero-order valence-electron chi connectivity index (χ0n) is 18.3. The van der Waals surface area contributed by atoms with E-state index in [1.165, 1.54) is 28.4 Å². The molecular weight excluding hydrogens is 380 g/mol. The van der Waals surface area contributed by atoms with Gasteiger partial charge in [-0.2, -0.15) is 0 Å². The third-order valence-corrected chi connectivity index (χ3v) is 6.32. The first-order valence-electron chi connectivity index (χ1n) is 10.5. The van der Waals surface area contributed by atoms with E-state index in [9.17, 15) is 9.59 Å². The van der Waals surface area contributed by atoms with E-state index < -0.39 is 0 Å². The lowest BCUT2D eigenvalue weighted by molar-refractivity contribution is 0.251. The van der Waals surface area contributed by atoms with Crippen molar-refractivity contribution >= 4 is 16.9 Å². The molecular formula is C22H30N6O2. The van der Waals surface area contributed by atoms with Crippen LogP contribution in [0.25, 0.3) is 11.2 Å². The second-order valence-electron chi connectivity index (χ2n) is 8.27. The number of imidazole rings is 1. The average Bonchev–Trinajstić information content (AvgIpc) is 3.17.